The Morgan fingerprint density at radius 1 is 1.61 bits per heavy atom. The van der Waals surface area contributed by atoms with Crippen molar-refractivity contribution in [3.8, 4) is 11.5 Å². The van der Waals surface area contributed by atoms with Gasteiger partial charge in [0.05, 0.1) is 6.54 Å². The highest BCUT2D eigenvalue weighted by Crippen LogP contribution is 2.27. The molecule has 7 heteroatoms. The summed E-state index contributed by atoms with van der Waals surface area (Å²) in [5, 5.41) is 16.6. The van der Waals surface area contributed by atoms with Gasteiger partial charge in [-0.3, -0.25) is 0 Å². The van der Waals surface area contributed by atoms with Gasteiger partial charge in [0.2, 0.25) is 5.69 Å². The molecular formula is C11H10BrN3O3. The van der Waals surface area contributed by atoms with Crippen LogP contribution in [0.2, 0.25) is 0 Å². The van der Waals surface area contributed by atoms with Crippen LogP contribution in [-0.4, -0.2) is 26.1 Å². The first kappa shape index (κ1) is 12.6. The summed E-state index contributed by atoms with van der Waals surface area (Å²) < 4.78 is 7.33. The summed E-state index contributed by atoms with van der Waals surface area (Å²) in [7, 11) is 0. The number of aromatic carboxylic acids is 1. The van der Waals surface area contributed by atoms with Gasteiger partial charge in [0.25, 0.3) is 0 Å². The Balaban J connectivity index is 2.56. The number of carbonyl (C=O) groups is 1. The van der Waals surface area contributed by atoms with E-state index in [9.17, 15) is 4.79 Å². The van der Waals surface area contributed by atoms with Gasteiger partial charge in [-0.05, 0) is 35.0 Å². The molecule has 0 fully saturated rings. The van der Waals surface area contributed by atoms with Gasteiger partial charge in [0, 0.05) is 0 Å². The van der Waals surface area contributed by atoms with Crippen LogP contribution in [0.1, 0.15) is 17.4 Å². The smallest absolute Gasteiger partial charge is 0.358 e. The van der Waals surface area contributed by atoms with Crippen LogP contribution in [-0.2, 0) is 6.54 Å². The molecule has 0 saturated heterocycles. The summed E-state index contributed by atoms with van der Waals surface area (Å²) in [6, 6.07) is 3.34. The zero-order valence-electron chi connectivity index (χ0n) is 9.55. The van der Waals surface area contributed by atoms with E-state index >= 15 is 0 Å². The fourth-order valence-corrected chi connectivity index (χ4v) is 1.82. The summed E-state index contributed by atoms with van der Waals surface area (Å²) >= 11 is 3.17. The van der Waals surface area contributed by atoms with Crippen molar-refractivity contribution < 1.29 is 14.3 Å². The van der Waals surface area contributed by atoms with Gasteiger partial charge < -0.3 is 9.52 Å². The van der Waals surface area contributed by atoms with Crippen LogP contribution in [0.5, 0.6) is 0 Å². The molecule has 0 radical (unpaired) electrons. The molecule has 0 atom stereocenters. The lowest BCUT2D eigenvalue weighted by Crippen LogP contribution is -2.05. The molecule has 1 N–H and O–H groups in total. The molecule has 0 unspecified atom stereocenters. The second-order valence-corrected chi connectivity index (χ2v) is 4.59. The molecule has 0 aliphatic carbocycles. The molecule has 0 bridgehead atoms. The van der Waals surface area contributed by atoms with E-state index in [0.29, 0.717) is 22.7 Å². The molecule has 2 rings (SSSR count). The van der Waals surface area contributed by atoms with E-state index in [-0.39, 0.29) is 5.69 Å². The lowest BCUT2D eigenvalue weighted by molar-refractivity contribution is 0.0691. The summed E-state index contributed by atoms with van der Waals surface area (Å²) in [4.78, 5) is 11.1. The Morgan fingerprint density at radius 2 is 2.33 bits per heavy atom. The van der Waals surface area contributed by atoms with Crippen LogP contribution < -0.4 is 0 Å². The first-order valence-electron chi connectivity index (χ1n) is 5.06. The fourth-order valence-electron chi connectivity index (χ4n) is 1.51. The third-order valence-corrected chi connectivity index (χ3v) is 2.59. The average molecular weight is 312 g/mol. The minimum Gasteiger partial charge on any atom is -0.476 e. The molecule has 0 spiro atoms. The van der Waals surface area contributed by atoms with E-state index in [0.717, 1.165) is 5.57 Å². The predicted octanol–water partition coefficient (Wildman–Crippen LogP) is 2.57. The van der Waals surface area contributed by atoms with Crippen molar-refractivity contribution in [3.63, 3.8) is 0 Å². The van der Waals surface area contributed by atoms with Crippen molar-refractivity contribution in [3.05, 3.63) is 34.6 Å². The topological polar surface area (TPSA) is 81.2 Å². The second-order valence-electron chi connectivity index (χ2n) is 3.81. The highest BCUT2D eigenvalue weighted by molar-refractivity contribution is 9.10. The van der Waals surface area contributed by atoms with E-state index in [1.54, 1.807) is 12.1 Å². The van der Waals surface area contributed by atoms with Gasteiger partial charge in [-0.1, -0.05) is 17.4 Å². The van der Waals surface area contributed by atoms with Crippen molar-refractivity contribution in [2.75, 3.05) is 0 Å². The van der Waals surface area contributed by atoms with E-state index in [2.05, 4.69) is 32.8 Å². The third kappa shape index (κ3) is 2.35. The monoisotopic (exact) mass is 311 g/mol. The lowest BCUT2D eigenvalue weighted by atomic mass is 10.2. The van der Waals surface area contributed by atoms with Gasteiger partial charge in [-0.25, -0.2) is 9.48 Å². The van der Waals surface area contributed by atoms with Crippen molar-refractivity contribution in [2.24, 2.45) is 0 Å². The quantitative estimate of drug-likeness (QED) is 0.878. The number of nitrogens with zero attached hydrogens (tertiary/aromatic N) is 3. The number of furan rings is 1. The van der Waals surface area contributed by atoms with Crippen LogP contribution in [0, 0.1) is 0 Å². The minimum absolute atomic E-state index is 0.141. The normalized spacial score (nSPS) is 10.6. The van der Waals surface area contributed by atoms with Crippen molar-refractivity contribution in [2.45, 2.75) is 13.5 Å². The zero-order valence-corrected chi connectivity index (χ0v) is 11.1. The first-order chi connectivity index (χ1) is 8.49. The Hall–Kier alpha value is -1.89. The van der Waals surface area contributed by atoms with Crippen LogP contribution in [0.25, 0.3) is 11.5 Å². The number of rotatable bonds is 4. The second kappa shape index (κ2) is 4.77. The fraction of sp³-hybridized carbons (Fsp3) is 0.182. The summed E-state index contributed by atoms with van der Waals surface area (Å²) in [6.45, 7) is 5.97. The number of carboxylic acids is 1. The summed E-state index contributed by atoms with van der Waals surface area (Å²) in [5.74, 6) is -0.754. The SMILES string of the molecule is C=C(C)Cn1nnc(C(=O)O)c1-c1ccc(Br)o1. The maximum absolute atomic E-state index is 11.1. The number of aromatic nitrogens is 3. The van der Waals surface area contributed by atoms with Crippen LogP contribution in [0.4, 0.5) is 0 Å². The van der Waals surface area contributed by atoms with Crippen molar-refractivity contribution in [1.82, 2.24) is 15.0 Å². The van der Waals surface area contributed by atoms with Crippen LogP contribution in [0.15, 0.2) is 33.4 Å². The number of allylic oxidation sites excluding steroid dienone is 1. The number of hydrogen-bond donors (Lipinski definition) is 1. The van der Waals surface area contributed by atoms with E-state index in [1.807, 2.05) is 6.92 Å². The maximum Gasteiger partial charge on any atom is 0.358 e. The number of hydrogen-bond acceptors (Lipinski definition) is 4. The lowest BCUT2D eigenvalue weighted by Gasteiger charge is -2.04. The number of carboxylic acid groups (broad SMARTS) is 1. The Bertz CT molecular complexity index is 615. The van der Waals surface area contributed by atoms with Crippen LogP contribution >= 0.6 is 15.9 Å². The molecule has 0 saturated carbocycles. The molecule has 0 amide bonds. The predicted molar refractivity (Wildman–Crippen MR) is 67.2 cm³/mol. The molecule has 0 aliphatic rings. The Labute approximate surface area is 111 Å². The van der Waals surface area contributed by atoms with E-state index < -0.39 is 5.97 Å². The van der Waals surface area contributed by atoms with Crippen molar-refractivity contribution >= 4 is 21.9 Å². The van der Waals surface area contributed by atoms with Gasteiger partial charge in [-0.2, -0.15) is 0 Å². The summed E-state index contributed by atoms with van der Waals surface area (Å²) in [5.41, 5.74) is 1.03. The first-order valence-corrected chi connectivity index (χ1v) is 5.85. The highest BCUT2D eigenvalue weighted by Gasteiger charge is 2.22. The third-order valence-electron chi connectivity index (χ3n) is 2.16. The van der Waals surface area contributed by atoms with E-state index in [4.69, 9.17) is 9.52 Å². The molecule has 0 aliphatic heterocycles. The molecule has 18 heavy (non-hydrogen) atoms. The Kier molecular flexibility index (Phi) is 3.33. The molecule has 6 nitrogen and oxygen atoms in total. The Morgan fingerprint density at radius 3 is 2.83 bits per heavy atom. The number of halogens is 1. The van der Waals surface area contributed by atoms with E-state index in [1.165, 1.54) is 4.68 Å². The molecule has 2 aromatic rings. The minimum atomic E-state index is -1.15. The van der Waals surface area contributed by atoms with Crippen molar-refractivity contribution in [1.29, 1.82) is 0 Å². The van der Waals surface area contributed by atoms with Gasteiger partial charge >= 0.3 is 5.97 Å². The molecule has 2 aromatic heterocycles. The largest absolute Gasteiger partial charge is 0.476 e. The molecule has 94 valence electrons. The highest BCUT2D eigenvalue weighted by atomic mass is 79.9. The van der Waals surface area contributed by atoms with Gasteiger partial charge in [0.1, 0.15) is 5.69 Å². The zero-order chi connectivity index (χ0) is 13.3. The average Bonchev–Trinajstić information content (AvgIpc) is 2.83. The molecule has 0 aromatic carbocycles. The van der Waals surface area contributed by atoms with Crippen LogP contribution in [0.3, 0.4) is 0 Å². The standard InChI is InChI=1S/C11H10BrN3O3/c1-6(2)5-15-10(7-3-4-8(12)18-7)9(11(16)17)13-14-15/h3-4H,1,5H2,2H3,(H,16,17). The van der Waals surface area contributed by atoms with Gasteiger partial charge in [-0.15, -0.1) is 5.10 Å². The van der Waals surface area contributed by atoms with Gasteiger partial charge in [0.15, 0.2) is 10.4 Å². The summed E-state index contributed by atoms with van der Waals surface area (Å²) in [6.07, 6.45) is 0. The maximum atomic E-state index is 11.1. The molecule has 2 heterocycles. The molecular weight excluding hydrogens is 302 g/mol.